The minimum atomic E-state index is -0.622. The molecule has 0 aliphatic carbocycles. The smallest absolute Gasteiger partial charge is 0.276 e. The van der Waals surface area contributed by atoms with Crippen LogP contribution in [0.25, 0.3) is 17.0 Å². The molecule has 4 N–H and O–H groups in total. The molecular weight excluding hydrogens is 304 g/mol. The molecule has 3 rings (SSSR count). The molecular formula is C13H16N6O2S. The van der Waals surface area contributed by atoms with Crippen LogP contribution in [0.4, 0.5) is 5.69 Å². The first-order valence-corrected chi connectivity index (χ1v) is 7.77. The molecule has 0 aliphatic heterocycles. The van der Waals surface area contributed by atoms with E-state index in [0.717, 1.165) is 0 Å². The summed E-state index contributed by atoms with van der Waals surface area (Å²) in [5.74, 6) is -0.261. The van der Waals surface area contributed by atoms with Crippen LogP contribution in [0.15, 0.2) is 28.1 Å². The predicted octanol–water partition coefficient (Wildman–Crippen LogP) is 1.81. The Labute approximate surface area is 130 Å². The predicted molar refractivity (Wildman–Crippen MR) is 84.5 cm³/mol. The summed E-state index contributed by atoms with van der Waals surface area (Å²) in [6.45, 7) is 4.00. The average Bonchev–Trinajstić information content (AvgIpc) is 3.15. The van der Waals surface area contributed by atoms with E-state index in [9.17, 15) is 4.79 Å². The number of nitrogens with zero attached hydrogens (tertiary/aromatic N) is 4. The number of carbonyl (C=O) groups is 1. The summed E-state index contributed by atoms with van der Waals surface area (Å²) in [7, 11) is 0. The van der Waals surface area contributed by atoms with Gasteiger partial charge in [0, 0.05) is 6.20 Å². The van der Waals surface area contributed by atoms with Crippen molar-refractivity contribution in [3.63, 3.8) is 0 Å². The van der Waals surface area contributed by atoms with Crippen molar-refractivity contribution in [1.29, 1.82) is 0 Å². The van der Waals surface area contributed by atoms with Gasteiger partial charge in [-0.3, -0.25) is 4.79 Å². The number of rotatable bonds is 3. The lowest BCUT2D eigenvalue weighted by Gasteiger charge is -2.02. The fourth-order valence-electron chi connectivity index (χ4n) is 1.80. The molecule has 116 valence electrons. The van der Waals surface area contributed by atoms with Crippen molar-refractivity contribution in [3.05, 3.63) is 24.0 Å². The standard InChI is InChI=1S/C11H10N6O2S.C2H6/c1-20-11-16-15-10(19-11)5-2-7-8(12)6(9(13)18)3-14-17(7)4-5;1-2/h2-4H,12H2,1H3,(H2,13,18);1-2H3. The van der Waals surface area contributed by atoms with E-state index in [2.05, 4.69) is 15.3 Å². The summed E-state index contributed by atoms with van der Waals surface area (Å²) in [5.41, 5.74) is 12.8. The number of thioether (sulfide) groups is 1. The summed E-state index contributed by atoms with van der Waals surface area (Å²) in [4.78, 5) is 11.2. The highest BCUT2D eigenvalue weighted by molar-refractivity contribution is 7.98. The van der Waals surface area contributed by atoms with Crippen LogP contribution in [0.1, 0.15) is 24.2 Å². The maximum atomic E-state index is 11.2. The van der Waals surface area contributed by atoms with Crippen molar-refractivity contribution in [3.8, 4) is 11.5 Å². The molecule has 0 radical (unpaired) electrons. The molecule has 0 fully saturated rings. The highest BCUT2D eigenvalue weighted by atomic mass is 32.2. The molecule has 22 heavy (non-hydrogen) atoms. The molecule has 3 aromatic heterocycles. The Morgan fingerprint density at radius 1 is 1.36 bits per heavy atom. The Bertz CT molecular complexity index is 810. The maximum Gasteiger partial charge on any atom is 0.276 e. The zero-order valence-electron chi connectivity index (χ0n) is 12.4. The highest BCUT2D eigenvalue weighted by Gasteiger charge is 2.15. The maximum absolute atomic E-state index is 11.2. The van der Waals surface area contributed by atoms with Gasteiger partial charge in [-0.2, -0.15) is 5.10 Å². The van der Waals surface area contributed by atoms with Crippen LogP contribution in [0.5, 0.6) is 0 Å². The van der Waals surface area contributed by atoms with E-state index in [4.69, 9.17) is 15.9 Å². The van der Waals surface area contributed by atoms with Crippen molar-refractivity contribution in [1.82, 2.24) is 19.8 Å². The first-order valence-electron chi connectivity index (χ1n) is 6.54. The molecule has 9 heteroatoms. The highest BCUT2D eigenvalue weighted by Crippen LogP contribution is 2.27. The van der Waals surface area contributed by atoms with E-state index in [1.54, 1.807) is 12.3 Å². The van der Waals surface area contributed by atoms with Gasteiger partial charge >= 0.3 is 0 Å². The third kappa shape index (κ3) is 2.75. The number of primary amides is 1. The second kappa shape index (κ2) is 6.48. The third-order valence-corrected chi connectivity index (χ3v) is 3.29. The summed E-state index contributed by atoms with van der Waals surface area (Å²) < 4.78 is 6.96. The van der Waals surface area contributed by atoms with Gasteiger partial charge in [-0.15, -0.1) is 10.2 Å². The molecule has 3 aromatic rings. The quantitative estimate of drug-likeness (QED) is 0.705. The van der Waals surface area contributed by atoms with Crippen LogP contribution in [0.2, 0.25) is 0 Å². The Balaban J connectivity index is 0.000000847. The van der Waals surface area contributed by atoms with Gasteiger partial charge in [0.25, 0.3) is 11.1 Å². The van der Waals surface area contributed by atoms with Crippen molar-refractivity contribution in [2.45, 2.75) is 19.1 Å². The Morgan fingerprint density at radius 3 is 2.68 bits per heavy atom. The number of aromatic nitrogens is 4. The molecule has 0 spiro atoms. The van der Waals surface area contributed by atoms with E-state index in [1.807, 2.05) is 20.1 Å². The second-order valence-electron chi connectivity index (χ2n) is 3.97. The molecule has 0 bridgehead atoms. The summed E-state index contributed by atoms with van der Waals surface area (Å²) >= 11 is 1.35. The van der Waals surface area contributed by atoms with Crippen molar-refractivity contribution in [2.75, 3.05) is 12.0 Å². The summed E-state index contributed by atoms with van der Waals surface area (Å²) in [5, 5.41) is 12.3. The van der Waals surface area contributed by atoms with Gasteiger partial charge < -0.3 is 15.9 Å². The van der Waals surface area contributed by atoms with Gasteiger partial charge in [0.05, 0.1) is 28.5 Å². The van der Waals surface area contributed by atoms with Crippen LogP contribution in [-0.2, 0) is 0 Å². The van der Waals surface area contributed by atoms with E-state index in [-0.39, 0.29) is 11.3 Å². The van der Waals surface area contributed by atoms with Crippen molar-refractivity contribution < 1.29 is 9.21 Å². The van der Waals surface area contributed by atoms with Crippen LogP contribution < -0.4 is 11.5 Å². The minimum Gasteiger partial charge on any atom is -0.411 e. The van der Waals surface area contributed by atoms with E-state index in [0.29, 0.717) is 22.2 Å². The van der Waals surface area contributed by atoms with E-state index in [1.165, 1.54) is 22.5 Å². The molecule has 0 atom stereocenters. The molecule has 0 aromatic carbocycles. The summed E-state index contributed by atoms with van der Waals surface area (Å²) in [6.07, 6.45) is 4.86. The van der Waals surface area contributed by atoms with Crippen LogP contribution in [-0.4, -0.2) is 32.0 Å². The van der Waals surface area contributed by atoms with E-state index < -0.39 is 5.91 Å². The topological polar surface area (TPSA) is 125 Å². The van der Waals surface area contributed by atoms with Gasteiger partial charge in [0.2, 0.25) is 5.89 Å². The lowest BCUT2D eigenvalue weighted by Crippen LogP contribution is -2.15. The van der Waals surface area contributed by atoms with Crippen molar-refractivity contribution in [2.24, 2.45) is 5.73 Å². The first kappa shape index (κ1) is 15.8. The van der Waals surface area contributed by atoms with Crippen molar-refractivity contribution >= 4 is 28.9 Å². The lowest BCUT2D eigenvalue weighted by atomic mass is 10.2. The number of carbonyl (C=O) groups excluding carboxylic acids is 1. The fraction of sp³-hybridized carbons (Fsp3) is 0.231. The van der Waals surface area contributed by atoms with Gasteiger partial charge in [-0.1, -0.05) is 25.6 Å². The van der Waals surface area contributed by atoms with Gasteiger partial charge in [-0.25, -0.2) is 4.52 Å². The first-order chi connectivity index (χ1) is 10.6. The van der Waals surface area contributed by atoms with Gasteiger partial charge in [0.15, 0.2) is 0 Å². The molecule has 8 nitrogen and oxygen atoms in total. The summed E-state index contributed by atoms with van der Waals surface area (Å²) in [6, 6.07) is 1.71. The Morgan fingerprint density at radius 2 is 2.09 bits per heavy atom. The van der Waals surface area contributed by atoms with Gasteiger partial charge in [0.1, 0.15) is 0 Å². The van der Waals surface area contributed by atoms with Gasteiger partial charge in [-0.05, 0) is 12.3 Å². The zero-order valence-corrected chi connectivity index (χ0v) is 13.2. The molecule has 0 saturated heterocycles. The number of hydrogen-bond donors (Lipinski definition) is 2. The van der Waals surface area contributed by atoms with Crippen LogP contribution in [0, 0.1) is 0 Å². The molecule has 1 amide bonds. The second-order valence-corrected chi connectivity index (χ2v) is 4.73. The number of fused-ring (bicyclic) bond motifs is 1. The number of nitrogen functional groups attached to an aromatic ring is 1. The molecule has 0 saturated carbocycles. The Kier molecular flexibility index (Phi) is 4.66. The number of anilines is 1. The number of nitrogens with two attached hydrogens (primary N) is 2. The lowest BCUT2D eigenvalue weighted by molar-refractivity contribution is 0.100. The zero-order chi connectivity index (χ0) is 16.3. The number of hydrogen-bond acceptors (Lipinski definition) is 7. The van der Waals surface area contributed by atoms with Crippen LogP contribution in [0.3, 0.4) is 0 Å². The Hall–Kier alpha value is -2.55. The molecule has 0 aliphatic rings. The molecule has 3 heterocycles. The fourth-order valence-corrected chi connectivity index (χ4v) is 2.08. The molecule has 0 unspecified atom stereocenters. The largest absolute Gasteiger partial charge is 0.411 e. The SMILES string of the molecule is CC.CSc1nnc(-c2cc3c(N)c(C(N)=O)cnn3c2)o1. The third-order valence-electron chi connectivity index (χ3n) is 2.77. The normalized spacial score (nSPS) is 10.3. The van der Waals surface area contributed by atoms with Crippen LogP contribution >= 0.6 is 11.8 Å². The minimum absolute atomic E-state index is 0.178. The number of amides is 1. The average molecular weight is 320 g/mol. The van der Waals surface area contributed by atoms with E-state index >= 15 is 0 Å². The monoisotopic (exact) mass is 320 g/mol.